The number of amides is 1. The third-order valence-electron chi connectivity index (χ3n) is 4.20. The summed E-state index contributed by atoms with van der Waals surface area (Å²) >= 11 is 0. The largest absolute Gasteiger partial charge is 0.494 e. The highest BCUT2D eigenvalue weighted by Gasteiger charge is 2.21. The van der Waals surface area contributed by atoms with E-state index in [4.69, 9.17) is 4.74 Å². The third-order valence-corrected chi connectivity index (χ3v) is 4.20. The van der Waals surface area contributed by atoms with Crippen molar-refractivity contribution in [3.63, 3.8) is 0 Å². The Hall–Kier alpha value is -2.40. The van der Waals surface area contributed by atoms with Gasteiger partial charge in [0.2, 0.25) is 5.91 Å². The molecule has 2 aromatic carbocycles. The Morgan fingerprint density at radius 1 is 1.12 bits per heavy atom. The van der Waals surface area contributed by atoms with E-state index < -0.39 is 0 Å². The van der Waals surface area contributed by atoms with Gasteiger partial charge in [0, 0.05) is 31.7 Å². The van der Waals surface area contributed by atoms with Gasteiger partial charge < -0.3 is 15.0 Å². The second-order valence-corrected chi connectivity index (χ2v) is 5.89. The van der Waals surface area contributed by atoms with E-state index in [1.165, 1.54) is 13.2 Å². The molecule has 0 bridgehead atoms. The molecule has 5 heteroatoms. The van der Waals surface area contributed by atoms with Gasteiger partial charge in [-0.25, -0.2) is 4.39 Å². The highest BCUT2D eigenvalue weighted by Crippen LogP contribution is 2.21. The number of rotatable bonds is 6. The van der Waals surface area contributed by atoms with E-state index in [2.05, 4.69) is 5.32 Å². The molecule has 126 valence electrons. The Balaban J connectivity index is 1.53. The van der Waals surface area contributed by atoms with Crippen LogP contribution in [0.1, 0.15) is 24.0 Å². The summed E-state index contributed by atoms with van der Waals surface area (Å²) in [6.45, 7) is 2.06. The van der Waals surface area contributed by atoms with Gasteiger partial charge in [0.25, 0.3) is 0 Å². The number of carbonyl (C=O) groups is 1. The van der Waals surface area contributed by atoms with Crippen LogP contribution in [0.4, 0.5) is 10.1 Å². The first-order chi connectivity index (χ1) is 11.7. The molecule has 2 aromatic rings. The Kier molecular flexibility index (Phi) is 5.11. The van der Waals surface area contributed by atoms with Crippen LogP contribution >= 0.6 is 0 Å². The molecule has 24 heavy (non-hydrogen) atoms. The number of carbonyl (C=O) groups excluding carboxylic acids is 1. The first-order valence-electron chi connectivity index (χ1n) is 8.10. The predicted octanol–water partition coefficient (Wildman–Crippen LogP) is 3.25. The minimum Gasteiger partial charge on any atom is -0.494 e. The molecule has 0 unspecified atom stereocenters. The lowest BCUT2D eigenvalue weighted by Crippen LogP contribution is -2.23. The topological polar surface area (TPSA) is 41.6 Å². The number of methoxy groups -OCH3 is 1. The molecule has 0 radical (unpaired) electrons. The second kappa shape index (κ2) is 7.45. The van der Waals surface area contributed by atoms with Crippen LogP contribution in [0.3, 0.4) is 0 Å². The maximum atomic E-state index is 13.6. The van der Waals surface area contributed by atoms with Crippen LogP contribution in [0.2, 0.25) is 0 Å². The predicted molar refractivity (Wildman–Crippen MR) is 91.5 cm³/mol. The molecule has 0 aromatic heterocycles. The smallest absolute Gasteiger partial charge is 0.227 e. The number of nitrogens with one attached hydrogen (secondary N) is 1. The normalized spacial score (nSPS) is 14.2. The number of hydrogen-bond donors (Lipinski definition) is 1. The van der Waals surface area contributed by atoms with Gasteiger partial charge in [-0.15, -0.1) is 0 Å². The van der Waals surface area contributed by atoms with E-state index in [1.807, 2.05) is 35.2 Å². The van der Waals surface area contributed by atoms with Gasteiger partial charge in [0.1, 0.15) is 0 Å². The number of halogens is 1. The van der Waals surface area contributed by atoms with Gasteiger partial charge in [-0.05, 0) is 41.8 Å². The summed E-state index contributed by atoms with van der Waals surface area (Å²) in [5, 5.41) is 3.29. The van der Waals surface area contributed by atoms with Crippen molar-refractivity contribution >= 4 is 11.6 Å². The lowest BCUT2D eigenvalue weighted by Gasteiger charge is -2.16. The highest BCUT2D eigenvalue weighted by molar-refractivity contribution is 5.95. The van der Waals surface area contributed by atoms with Gasteiger partial charge in [-0.1, -0.05) is 18.2 Å². The molecule has 1 fully saturated rings. The zero-order chi connectivity index (χ0) is 16.9. The molecule has 0 spiro atoms. The van der Waals surface area contributed by atoms with E-state index >= 15 is 0 Å². The number of ether oxygens (including phenoxy) is 1. The van der Waals surface area contributed by atoms with E-state index in [0.717, 1.165) is 29.8 Å². The lowest BCUT2D eigenvalue weighted by molar-refractivity contribution is -0.117. The number of anilines is 1. The number of nitrogens with zero attached hydrogens (tertiary/aromatic N) is 1. The molecule has 1 aliphatic heterocycles. The van der Waals surface area contributed by atoms with Gasteiger partial charge in [0.15, 0.2) is 11.6 Å². The minimum atomic E-state index is -0.351. The summed E-state index contributed by atoms with van der Waals surface area (Å²) in [5.74, 6) is 0.102. The Morgan fingerprint density at radius 2 is 1.83 bits per heavy atom. The molecule has 1 amide bonds. The first kappa shape index (κ1) is 16.5. The van der Waals surface area contributed by atoms with Crippen molar-refractivity contribution in [3.8, 4) is 5.75 Å². The zero-order valence-corrected chi connectivity index (χ0v) is 13.7. The van der Waals surface area contributed by atoms with Crippen molar-refractivity contribution in [1.82, 2.24) is 5.32 Å². The van der Waals surface area contributed by atoms with E-state index in [-0.39, 0.29) is 17.5 Å². The third kappa shape index (κ3) is 3.74. The van der Waals surface area contributed by atoms with Crippen molar-refractivity contribution in [3.05, 3.63) is 59.4 Å². The summed E-state index contributed by atoms with van der Waals surface area (Å²) < 4.78 is 18.6. The Morgan fingerprint density at radius 3 is 2.46 bits per heavy atom. The van der Waals surface area contributed by atoms with E-state index in [9.17, 15) is 9.18 Å². The SMILES string of the molecule is COc1ccc(CNCc2ccc(N3CCCC3=O)cc2)cc1F. The fourth-order valence-electron chi connectivity index (χ4n) is 2.89. The van der Waals surface area contributed by atoms with Gasteiger partial charge in [0.05, 0.1) is 7.11 Å². The van der Waals surface area contributed by atoms with Crippen LogP contribution in [0.5, 0.6) is 5.75 Å². The van der Waals surface area contributed by atoms with Crippen molar-refractivity contribution in [1.29, 1.82) is 0 Å². The monoisotopic (exact) mass is 328 g/mol. The quantitative estimate of drug-likeness (QED) is 0.885. The van der Waals surface area contributed by atoms with E-state index in [0.29, 0.717) is 19.5 Å². The Labute approximate surface area is 141 Å². The average Bonchev–Trinajstić information content (AvgIpc) is 3.02. The summed E-state index contributed by atoms with van der Waals surface area (Å²) in [6.07, 6.45) is 1.57. The molecule has 0 saturated carbocycles. The standard InChI is InChI=1S/C19H21FN2O2/c1-24-18-9-6-15(11-17(18)20)13-21-12-14-4-7-16(8-5-14)22-10-2-3-19(22)23/h4-9,11,21H,2-3,10,12-13H2,1H3. The molecule has 1 saturated heterocycles. The molecule has 1 heterocycles. The van der Waals surface area contributed by atoms with Crippen LogP contribution in [0.15, 0.2) is 42.5 Å². The first-order valence-corrected chi connectivity index (χ1v) is 8.10. The van der Waals surface area contributed by atoms with Crippen LogP contribution < -0.4 is 15.0 Å². The fourth-order valence-corrected chi connectivity index (χ4v) is 2.89. The van der Waals surface area contributed by atoms with Crippen LogP contribution in [0.25, 0.3) is 0 Å². The molecule has 0 aliphatic carbocycles. The summed E-state index contributed by atoms with van der Waals surface area (Å²) in [7, 11) is 1.45. The van der Waals surface area contributed by atoms with Crippen LogP contribution in [-0.2, 0) is 17.9 Å². The molecule has 0 atom stereocenters. The second-order valence-electron chi connectivity index (χ2n) is 5.89. The molecule has 4 nitrogen and oxygen atoms in total. The molecule has 1 aliphatic rings. The van der Waals surface area contributed by atoms with Crippen molar-refractivity contribution < 1.29 is 13.9 Å². The van der Waals surface area contributed by atoms with Crippen molar-refractivity contribution in [2.45, 2.75) is 25.9 Å². The zero-order valence-electron chi connectivity index (χ0n) is 13.7. The van der Waals surface area contributed by atoms with Crippen molar-refractivity contribution in [2.75, 3.05) is 18.6 Å². The summed E-state index contributed by atoms with van der Waals surface area (Å²) in [5.41, 5.74) is 2.95. The summed E-state index contributed by atoms with van der Waals surface area (Å²) in [6, 6.07) is 12.9. The van der Waals surface area contributed by atoms with E-state index in [1.54, 1.807) is 6.07 Å². The molecule has 1 N–H and O–H groups in total. The minimum absolute atomic E-state index is 0.197. The molecular formula is C19H21FN2O2. The highest BCUT2D eigenvalue weighted by atomic mass is 19.1. The lowest BCUT2D eigenvalue weighted by atomic mass is 10.1. The van der Waals surface area contributed by atoms with Gasteiger partial charge >= 0.3 is 0 Å². The number of benzene rings is 2. The molecular weight excluding hydrogens is 307 g/mol. The van der Waals surface area contributed by atoms with Gasteiger partial charge in [-0.2, -0.15) is 0 Å². The Bertz CT molecular complexity index is 716. The number of hydrogen-bond acceptors (Lipinski definition) is 3. The van der Waals surface area contributed by atoms with Crippen LogP contribution in [0, 0.1) is 5.82 Å². The van der Waals surface area contributed by atoms with Crippen molar-refractivity contribution in [2.24, 2.45) is 0 Å². The fraction of sp³-hybridized carbons (Fsp3) is 0.316. The molecule has 3 rings (SSSR count). The average molecular weight is 328 g/mol. The van der Waals surface area contributed by atoms with Crippen LogP contribution in [-0.4, -0.2) is 19.6 Å². The summed E-state index contributed by atoms with van der Waals surface area (Å²) in [4.78, 5) is 13.6. The van der Waals surface area contributed by atoms with Gasteiger partial charge in [-0.3, -0.25) is 4.79 Å². The maximum absolute atomic E-state index is 13.6. The maximum Gasteiger partial charge on any atom is 0.227 e.